The molecule has 1 fully saturated rings. The number of fused-ring (bicyclic) bond motifs is 3. The van der Waals surface area contributed by atoms with E-state index in [0.29, 0.717) is 44.8 Å². The number of rotatable bonds is 14. The number of phosphoric acid groups is 1. The number of aromatic nitrogens is 3. The summed E-state index contributed by atoms with van der Waals surface area (Å²) in [5.74, 6) is -2.13. The molecule has 1 aliphatic heterocycles. The van der Waals surface area contributed by atoms with E-state index in [-0.39, 0.29) is 62.7 Å². The minimum absolute atomic E-state index is 0.00129. The van der Waals surface area contributed by atoms with Gasteiger partial charge in [0, 0.05) is 49.6 Å². The summed E-state index contributed by atoms with van der Waals surface area (Å²) in [5, 5.41) is 14.8. The Balaban J connectivity index is 1.33. The van der Waals surface area contributed by atoms with E-state index in [4.69, 9.17) is 15.6 Å². The van der Waals surface area contributed by atoms with Crippen LogP contribution >= 0.6 is 7.82 Å². The van der Waals surface area contributed by atoms with Gasteiger partial charge in [-0.3, -0.25) is 24.2 Å². The summed E-state index contributed by atoms with van der Waals surface area (Å²) in [4.78, 5) is 80.3. The number of unbranched alkanes of at least 4 members (excludes halogenated alkanes) is 1. The minimum atomic E-state index is -4.91. The zero-order valence-electron chi connectivity index (χ0n) is 26.0. The second-order valence-electron chi connectivity index (χ2n) is 11.3. The van der Waals surface area contributed by atoms with Crippen molar-refractivity contribution >= 4 is 59.3 Å². The first-order valence-corrected chi connectivity index (χ1v) is 16.8. The van der Waals surface area contributed by atoms with Gasteiger partial charge in [-0.1, -0.05) is 37.6 Å². The molecule has 254 valence electrons. The molecule has 48 heavy (non-hydrogen) atoms. The maximum absolute atomic E-state index is 12.5. The number of imidazole rings is 1. The molecule has 6 N–H and O–H groups in total. The smallest absolute Gasteiger partial charge is 0.504 e. The lowest BCUT2D eigenvalue weighted by atomic mass is 10.1. The Kier molecular flexibility index (Phi) is 10.3. The van der Waals surface area contributed by atoms with E-state index in [2.05, 4.69) is 14.8 Å². The van der Waals surface area contributed by atoms with Crippen LogP contribution in [0.2, 0.25) is 0 Å². The number of carbonyl (C=O) groups excluding carboxylic acids is 4. The zero-order valence-corrected chi connectivity index (χ0v) is 26.9. The summed E-state index contributed by atoms with van der Waals surface area (Å²) in [7, 11) is -4.91. The van der Waals surface area contributed by atoms with E-state index >= 15 is 0 Å². The van der Waals surface area contributed by atoms with Crippen LogP contribution in [0.1, 0.15) is 68.8 Å². The number of anilines is 1. The summed E-state index contributed by atoms with van der Waals surface area (Å²) in [6.07, 6.45) is 2.34. The van der Waals surface area contributed by atoms with Crippen molar-refractivity contribution in [3.8, 4) is 11.5 Å². The number of nitrogens with one attached hydrogen (secondary N) is 1. The van der Waals surface area contributed by atoms with Crippen molar-refractivity contribution in [1.29, 1.82) is 0 Å². The van der Waals surface area contributed by atoms with Crippen LogP contribution in [0.25, 0.3) is 21.9 Å². The molecule has 0 spiro atoms. The maximum atomic E-state index is 12.5. The van der Waals surface area contributed by atoms with Gasteiger partial charge in [-0.2, -0.15) is 0 Å². The van der Waals surface area contributed by atoms with Crippen molar-refractivity contribution < 1.29 is 48.0 Å². The van der Waals surface area contributed by atoms with Crippen LogP contribution < -0.4 is 15.6 Å². The normalized spacial score (nSPS) is 13.4. The molecular weight excluding hydrogens is 647 g/mol. The van der Waals surface area contributed by atoms with Crippen LogP contribution in [0, 0.1) is 0 Å². The molecule has 0 radical (unpaired) electrons. The molecule has 16 nitrogen and oxygen atoms in total. The standard InChI is InChI=1S/C31H35N6O10P/c1-2-3-8-23-35-28-29(36(23)17-19-6-4-7-22(30(19)42)47-48(43,44)45)20-12-11-18(15-21(20)34-31(28)32)16-33-24(38)9-5-10-27(41)46-37-25(39)13-14-26(37)40/h4,6-7,11-12,15,42H,2-3,5,8-10,13-14,16-17H2,1H3,(H2,32,34)(H,33,38)(H2,43,44,45). The van der Waals surface area contributed by atoms with Crippen LogP contribution in [-0.2, 0) is 48.1 Å². The highest BCUT2D eigenvalue weighted by atomic mass is 31.2. The number of phenols is 1. The van der Waals surface area contributed by atoms with Crippen molar-refractivity contribution in [2.24, 2.45) is 0 Å². The molecule has 1 aliphatic rings. The van der Waals surface area contributed by atoms with E-state index in [1.165, 1.54) is 12.1 Å². The summed E-state index contributed by atoms with van der Waals surface area (Å²) in [6, 6.07) is 9.82. The Bertz CT molecular complexity index is 1940. The number of imide groups is 1. The van der Waals surface area contributed by atoms with Gasteiger partial charge >= 0.3 is 13.8 Å². The monoisotopic (exact) mass is 682 g/mol. The minimum Gasteiger partial charge on any atom is -0.504 e. The highest BCUT2D eigenvalue weighted by molar-refractivity contribution is 7.46. The zero-order chi connectivity index (χ0) is 34.6. The predicted octanol–water partition coefficient (Wildman–Crippen LogP) is 3.13. The topological polar surface area (TPSA) is 236 Å². The third kappa shape index (κ3) is 7.90. The molecular formula is C31H35N6O10P. The Morgan fingerprint density at radius 3 is 2.52 bits per heavy atom. The van der Waals surface area contributed by atoms with Gasteiger partial charge in [0.25, 0.3) is 11.8 Å². The lowest BCUT2D eigenvalue weighted by Crippen LogP contribution is -2.32. The number of phenolic OH excluding ortho intramolecular Hbond substituents is 1. The molecule has 3 heterocycles. The predicted molar refractivity (Wildman–Crippen MR) is 171 cm³/mol. The number of phosphoric ester groups is 1. The van der Waals surface area contributed by atoms with E-state index in [1.807, 2.05) is 23.6 Å². The molecule has 0 atom stereocenters. The highest BCUT2D eigenvalue weighted by Crippen LogP contribution is 2.43. The number of aromatic hydroxyl groups is 1. The first kappa shape index (κ1) is 34.3. The van der Waals surface area contributed by atoms with Crippen LogP contribution in [0.5, 0.6) is 11.5 Å². The molecule has 2 aromatic heterocycles. The largest absolute Gasteiger partial charge is 0.524 e. The highest BCUT2D eigenvalue weighted by Gasteiger charge is 2.32. The van der Waals surface area contributed by atoms with Crippen molar-refractivity contribution in [2.45, 2.75) is 71.4 Å². The fourth-order valence-corrected chi connectivity index (χ4v) is 5.77. The molecule has 0 aliphatic carbocycles. The SMILES string of the molecule is CCCCc1nc2c(N)nc3cc(CNC(=O)CCCC(=O)ON4C(=O)CCC4=O)ccc3c2n1Cc1cccc(OP(=O)(O)O)c1O. The van der Waals surface area contributed by atoms with Gasteiger partial charge in [-0.25, -0.2) is 19.3 Å². The third-order valence-corrected chi connectivity index (χ3v) is 8.14. The van der Waals surface area contributed by atoms with Gasteiger partial charge in [0.1, 0.15) is 11.3 Å². The Morgan fingerprint density at radius 2 is 1.81 bits per heavy atom. The number of hydroxylamine groups is 2. The van der Waals surface area contributed by atoms with Crippen molar-refractivity contribution in [3.05, 3.63) is 53.3 Å². The van der Waals surface area contributed by atoms with Crippen LogP contribution in [0.3, 0.4) is 0 Å². The first-order valence-electron chi connectivity index (χ1n) is 15.3. The maximum Gasteiger partial charge on any atom is 0.524 e. The van der Waals surface area contributed by atoms with Crippen molar-refractivity contribution in [2.75, 3.05) is 5.73 Å². The molecule has 2 aromatic carbocycles. The summed E-state index contributed by atoms with van der Waals surface area (Å²) in [5.41, 5.74) is 9.10. The quantitative estimate of drug-likeness (QED) is 0.0951. The number of aryl methyl sites for hydroxylation is 1. The number of nitrogens with zero attached hydrogens (tertiary/aromatic N) is 4. The van der Waals surface area contributed by atoms with Gasteiger partial charge in [0.05, 0.1) is 17.6 Å². The Hall–Kier alpha value is -5.05. The van der Waals surface area contributed by atoms with Gasteiger partial charge in [-0.15, -0.1) is 5.06 Å². The molecule has 4 aromatic rings. The molecule has 0 saturated carbocycles. The van der Waals surface area contributed by atoms with Gasteiger partial charge in [0.2, 0.25) is 5.91 Å². The number of pyridine rings is 1. The van der Waals surface area contributed by atoms with Crippen molar-refractivity contribution in [3.63, 3.8) is 0 Å². The average Bonchev–Trinajstić information content (AvgIpc) is 3.55. The van der Waals surface area contributed by atoms with E-state index < -0.39 is 31.4 Å². The van der Waals surface area contributed by atoms with Gasteiger partial charge < -0.3 is 30.1 Å². The van der Waals surface area contributed by atoms with Gasteiger partial charge in [0.15, 0.2) is 17.3 Å². The summed E-state index contributed by atoms with van der Waals surface area (Å²) < 4.78 is 18.0. The van der Waals surface area contributed by atoms with Crippen molar-refractivity contribution in [1.82, 2.24) is 24.9 Å². The number of nitrogen functional groups attached to an aromatic ring is 1. The number of hydrogen-bond donors (Lipinski definition) is 5. The fourth-order valence-electron chi connectivity index (χ4n) is 5.36. The van der Waals surface area contributed by atoms with E-state index in [0.717, 1.165) is 18.4 Å². The number of amides is 3. The summed E-state index contributed by atoms with van der Waals surface area (Å²) >= 11 is 0. The molecule has 0 bridgehead atoms. The fraction of sp³-hybridized carbons (Fsp3) is 0.355. The number of hydrogen-bond acceptors (Lipinski definition) is 11. The molecule has 1 saturated heterocycles. The number of carbonyl (C=O) groups is 4. The average molecular weight is 683 g/mol. The molecule has 5 rings (SSSR count). The molecule has 0 unspecified atom stereocenters. The van der Waals surface area contributed by atoms with Crippen LogP contribution in [0.4, 0.5) is 5.82 Å². The number of benzene rings is 2. The summed E-state index contributed by atoms with van der Waals surface area (Å²) in [6.45, 7) is 2.30. The first-order chi connectivity index (χ1) is 22.8. The Labute approximate surface area is 274 Å². The lowest BCUT2D eigenvalue weighted by Gasteiger charge is -2.15. The third-order valence-electron chi connectivity index (χ3n) is 7.70. The molecule has 3 amide bonds. The molecule has 17 heteroatoms. The number of nitrogens with two attached hydrogens (primary N) is 1. The van der Waals surface area contributed by atoms with Crippen LogP contribution in [-0.4, -0.2) is 58.2 Å². The lowest BCUT2D eigenvalue weighted by molar-refractivity contribution is -0.197. The second-order valence-corrected chi connectivity index (χ2v) is 12.4. The Morgan fingerprint density at radius 1 is 1.06 bits per heavy atom. The van der Waals surface area contributed by atoms with E-state index in [1.54, 1.807) is 12.1 Å². The van der Waals surface area contributed by atoms with Crippen LogP contribution in [0.15, 0.2) is 36.4 Å². The van der Waals surface area contributed by atoms with Gasteiger partial charge in [-0.05, 0) is 30.5 Å². The number of para-hydroxylation sites is 1. The van der Waals surface area contributed by atoms with E-state index in [9.17, 15) is 38.6 Å². The second kappa shape index (κ2) is 14.4.